The van der Waals surface area contributed by atoms with Gasteiger partial charge in [-0.25, -0.2) is 0 Å². The first-order chi connectivity index (χ1) is 8.08. The molecule has 0 saturated carbocycles. The van der Waals surface area contributed by atoms with Gasteiger partial charge in [-0.05, 0) is 12.8 Å². The molecular formula is C11H18F3NO3. The lowest BCUT2D eigenvalue weighted by molar-refractivity contribution is -0.163. The minimum atomic E-state index is -4.48. The third-order valence-corrected chi connectivity index (χ3v) is 3.14. The molecule has 0 saturated heterocycles. The van der Waals surface area contributed by atoms with E-state index in [0.29, 0.717) is 4.90 Å². The molecule has 0 fully saturated rings. The van der Waals surface area contributed by atoms with Gasteiger partial charge < -0.3 is 10.0 Å². The van der Waals surface area contributed by atoms with Crippen LogP contribution in [0.15, 0.2) is 0 Å². The maximum Gasteiger partial charge on any atom is 0.406 e. The number of alkyl halides is 3. The number of nitrogens with zero attached hydrogens (tertiary/aromatic N) is 1. The fraction of sp³-hybridized carbons (Fsp3) is 0.818. The maximum atomic E-state index is 12.1. The fourth-order valence-corrected chi connectivity index (χ4v) is 1.66. The standard InChI is InChI=1S/C11H18F3NO3/c1-4-10(5-2,9(17)18)6-8(16)15(3)7-11(12,13)14/h4-7H2,1-3H3,(H,17,18). The van der Waals surface area contributed by atoms with Crippen molar-refractivity contribution in [3.05, 3.63) is 0 Å². The normalized spacial score (nSPS) is 12.3. The van der Waals surface area contributed by atoms with Crippen molar-refractivity contribution < 1.29 is 27.9 Å². The number of amides is 1. The van der Waals surface area contributed by atoms with Crippen molar-refractivity contribution >= 4 is 11.9 Å². The Labute approximate surface area is 104 Å². The molecule has 1 amide bonds. The van der Waals surface area contributed by atoms with Crippen LogP contribution in [-0.4, -0.2) is 41.7 Å². The van der Waals surface area contributed by atoms with Gasteiger partial charge in [0.05, 0.1) is 5.41 Å². The van der Waals surface area contributed by atoms with Crippen molar-refractivity contribution in [3.8, 4) is 0 Å². The summed E-state index contributed by atoms with van der Waals surface area (Å²) < 4.78 is 36.3. The van der Waals surface area contributed by atoms with E-state index in [1.54, 1.807) is 13.8 Å². The minimum absolute atomic E-state index is 0.199. The number of carboxylic acids is 1. The van der Waals surface area contributed by atoms with Crippen molar-refractivity contribution in [2.75, 3.05) is 13.6 Å². The molecule has 7 heteroatoms. The molecule has 106 valence electrons. The Kier molecular flexibility index (Phi) is 5.63. The van der Waals surface area contributed by atoms with E-state index in [0.717, 1.165) is 7.05 Å². The molecular weight excluding hydrogens is 251 g/mol. The molecule has 0 unspecified atom stereocenters. The van der Waals surface area contributed by atoms with Gasteiger partial charge in [0.1, 0.15) is 6.54 Å². The van der Waals surface area contributed by atoms with Crippen LogP contribution in [0.2, 0.25) is 0 Å². The zero-order valence-electron chi connectivity index (χ0n) is 10.7. The summed E-state index contributed by atoms with van der Waals surface area (Å²) >= 11 is 0. The summed E-state index contributed by atoms with van der Waals surface area (Å²) in [6, 6.07) is 0. The Morgan fingerprint density at radius 3 is 1.89 bits per heavy atom. The highest BCUT2D eigenvalue weighted by Gasteiger charge is 2.39. The minimum Gasteiger partial charge on any atom is -0.481 e. The topological polar surface area (TPSA) is 57.6 Å². The van der Waals surface area contributed by atoms with E-state index < -0.39 is 36.4 Å². The molecule has 0 radical (unpaired) electrons. The molecule has 0 atom stereocenters. The highest BCUT2D eigenvalue weighted by atomic mass is 19.4. The van der Waals surface area contributed by atoms with Gasteiger partial charge in [0.2, 0.25) is 5.91 Å². The van der Waals surface area contributed by atoms with Gasteiger partial charge in [0.15, 0.2) is 0 Å². The van der Waals surface area contributed by atoms with Gasteiger partial charge >= 0.3 is 12.1 Å². The summed E-state index contributed by atoms with van der Waals surface area (Å²) in [6.07, 6.45) is -4.49. The quantitative estimate of drug-likeness (QED) is 0.804. The third-order valence-electron chi connectivity index (χ3n) is 3.14. The van der Waals surface area contributed by atoms with E-state index in [2.05, 4.69) is 0 Å². The summed E-state index contributed by atoms with van der Waals surface area (Å²) in [5.74, 6) is -1.96. The first-order valence-corrected chi connectivity index (χ1v) is 5.62. The van der Waals surface area contributed by atoms with Crippen molar-refractivity contribution in [2.45, 2.75) is 39.3 Å². The van der Waals surface area contributed by atoms with Crippen LogP contribution < -0.4 is 0 Å². The highest BCUT2D eigenvalue weighted by molar-refractivity contribution is 5.84. The molecule has 0 bridgehead atoms. The second-order valence-electron chi connectivity index (χ2n) is 4.33. The van der Waals surface area contributed by atoms with E-state index in [4.69, 9.17) is 5.11 Å². The highest BCUT2D eigenvalue weighted by Crippen LogP contribution is 2.32. The SMILES string of the molecule is CCC(CC)(CC(=O)N(C)CC(F)(F)F)C(=O)O. The van der Waals surface area contributed by atoms with Crippen molar-refractivity contribution in [1.82, 2.24) is 4.90 Å². The lowest BCUT2D eigenvalue weighted by atomic mass is 9.79. The summed E-state index contributed by atoms with van der Waals surface area (Å²) in [6.45, 7) is 1.85. The third kappa shape index (κ3) is 4.54. The van der Waals surface area contributed by atoms with Gasteiger partial charge in [0.25, 0.3) is 0 Å². The lowest BCUT2D eigenvalue weighted by Crippen LogP contribution is -2.41. The zero-order chi connectivity index (χ0) is 14.6. The number of hydrogen-bond donors (Lipinski definition) is 1. The molecule has 4 nitrogen and oxygen atoms in total. The molecule has 0 aromatic carbocycles. The van der Waals surface area contributed by atoms with E-state index >= 15 is 0 Å². The van der Waals surface area contributed by atoms with E-state index in [9.17, 15) is 22.8 Å². The number of carbonyl (C=O) groups is 2. The second kappa shape index (κ2) is 6.06. The van der Waals surface area contributed by atoms with Crippen molar-refractivity contribution in [2.24, 2.45) is 5.41 Å². The number of carbonyl (C=O) groups excluding carboxylic acids is 1. The van der Waals surface area contributed by atoms with Crippen LogP contribution in [0.5, 0.6) is 0 Å². The van der Waals surface area contributed by atoms with Gasteiger partial charge in [0, 0.05) is 13.5 Å². The molecule has 1 N–H and O–H groups in total. The molecule has 0 spiro atoms. The van der Waals surface area contributed by atoms with E-state index in [1.165, 1.54) is 0 Å². The van der Waals surface area contributed by atoms with E-state index in [1.807, 2.05) is 0 Å². The first kappa shape index (κ1) is 16.7. The van der Waals surface area contributed by atoms with Crippen LogP contribution in [0, 0.1) is 5.41 Å². The van der Waals surface area contributed by atoms with Crippen molar-refractivity contribution in [1.29, 1.82) is 0 Å². The summed E-state index contributed by atoms with van der Waals surface area (Å²) in [7, 11) is 1.02. The summed E-state index contributed by atoms with van der Waals surface area (Å²) in [4.78, 5) is 23.3. The number of rotatable bonds is 6. The van der Waals surface area contributed by atoms with Crippen LogP contribution in [0.25, 0.3) is 0 Å². The predicted molar refractivity (Wildman–Crippen MR) is 59.0 cm³/mol. The van der Waals surface area contributed by atoms with Gasteiger partial charge in [-0.3, -0.25) is 9.59 Å². The second-order valence-corrected chi connectivity index (χ2v) is 4.33. The smallest absolute Gasteiger partial charge is 0.406 e. The first-order valence-electron chi connectivity index (χ1n) is 5.62. The summed E-state index contributed by atoms with van der Waals surface area (Å²) in [5.41, 5.74) is -1.28. The Morgan fingerprint density at radius 2 is 1.61 bits per heavy atom. The average molecular weight is 269 g/mol. The Balaban J connectivity index is 4.76. The van der Waals surface area contributed by atoms with Crippen LogP contribution in [0.1, 0.15) is 33.1 Å². The predicted octanol–water partition coefficient (Wildman–Crippen LogP) is 2.29. The van der Waals surface area contributed by atoms with Crippen LogP contribution in [-0.2, 0) is 9.59 Å². The molecule has 0 heterocycles. The van der Waals surface area contributed by atoms with Gasteiger partial charge in [-0.2, -0.15) is 13.2 Å². The largest absolute Gasteiger partial charge is 0.481 e. The number of halogens is 3. The zero-order valence-corrected chi connectivity index (χ0v) is 10.7. The van der Waals surface area contributed by atoms with Crippen LogP contribution in [0.4, 0.5) is 13.2 Å². The molecule has 0 aliphatic heterocycles. The number of hydrogen-bond acceptors (Lipinski definition) is 2. The number of aliphatic carboxylic acids is 1. The Bertz CT molecular complexity index is 311. The number of carboxylic acid groups (broad SMARTS) is 1. The monoisotopic (exact) mass is 269 g/mol. The average Bonchev–Trinajstić information content (AvgIpc) is 2.22. The van der Waals surface area contributed by atoms with Gasteiger partial charge in [-0.15, -0.1) is 0 Å². The molecule has 0 aliphatic rings. The molecule has 0 aromatic heterocycles. The Hall–Kier alpha value is -1.27. The molecule has 18 heavy (non-hydrogen) atoms. The van der Waals surface area contributed by atoms with Crippen LogP contribution in [0.3, 0.4) is 0 Å². The summed E-state index contributed by atoms with van der Waals surface area (Å²) in [5, 5.41) is 9.09. The van der Waals surface area contributed by atoms with E-state index in [-0.39, 0.29) is 12.8 Å². The van der Waals surface area contributed by atoms with Gasteiger partial charge in [-0.1, -0.05) is 13.8 Å². The molecule has 0 aliphatic carbocycles. The van der Waals surface area contributed by atoms with Crippen molar-refractivity contribution in [3.63, 3.8) is 0 Å². The lowest BCUT2D eigenvalue weighted by Gasteiger charge is -2.28. The maximum absolute atomic E-state index is 12.1. The Morgan fingerprint density at radius 1 is 1.17 bits per heavy atom. The fourth-order valence-electron chi connectivity index (χ4n) is 1.66. The van der Waals surface area contributed by atoms with Crippen LogP contribution >= 0.6 is 0 Å². The molecule has 0 aromatic rings. The molecule has 0 rings (SSSR count).